The van der Waals surface area contributed by atoms with Crippen LogP contribution in [0, 0.1) is 11.6 Å². The van der Waals surface area contributed by atoms with Gasteiger partial charge in [-0.05, 0) is 29.7 Å². The molecule has 2 aliphatic heterocycles. The minimum Gasteiger partial charge on any atom is -0.337 e. The quantitative estimate of drug-likeness (QED) is 0.761. The number of benzene rings is 2. The van der Waals surface area contributed by atoms with Crippen molar-refractivity contribution in [1.82, 2.24) is 9.21 Å². The third kappa shape index (κ3) is 3.64. The van der Waals surface area contributed by atoms with Gasteiger partial charge in [0.2, 0.25) is 15.9 Å². The number of nitrogens with zero attached hydrogens (tertiary/aromatic N) is 2. The average Bonchev–Trinajstić information content (AvgIpc) is 3.09. The van der Waals surface area contributed by atoms with Crippen LogP contribution in [0.2, 0.25) is 0 Å². The van der Waals surface area contributed by atoms with Gasteiger partial charge in [0.1, 0.15) is 28.7 Å². The fourth-order valence-electron chi connectivity index (χ4n) is 3.95. The second-order valence-electron chi connectivity index (χ2n) is 7.28. The van der Waals surface area contributed by atoms with E-state index in [1.165, 1.54) is 4.90 Å². The highest BCUT2D eigenvalue weighted by atomic mass is 32.2. The van der Waals surface area contributed by atoms with Gasteiger partial charge < -0.3 is 4.90 Å². The highest BCUT2D eigenvalue weighted by Gasteiger charge is 2.46. The van der Waals surface area contributed by atoms with E-state index in [4.69, 9.17) is 0 Å². The molecular formula is C20H19F3N2O3S. The minimum atomic E-state index is -4.51. The lowest BCUT2D eigenvalue weighted by Crippen LogP contribution is -2.49. The first-order valence-corrected chi connectivity index (χ1v) is 10.7. The lowest BCUT2D eigenvalue weighted by Gasteiger charge is -2.33. The molecule has 4 rings (SSSR count). The molecule has 2 heterocycles. The molecule has 2 atom stereocenters. The Bertz CT molecular complexity index is 1060. The number of sulfonamides is 1. The van der Waals surface area contributed by atoms with Crippen LogP contribution >= 0.6 is 0 Å². The van der Waals surface area contributed by atoms with E-state index >= 15 is 0 Å². The lowest BCUT2D eigenvalue weighted by molar-refractivity contribution is -0.135. The first kappa shape index (κ1) is 19.9. The Labute approximate surface area is 166 Å². The highest BCUT2D eigenvalue weighted by Crippen LogP contribution is 2.31. The van der Waals surface area contributed by atoms with Crippen LogP contribution in [0.25, 0.3) is 0 Å². The van der Waals surface area contributed by atoms with Crippen molar-refractivity contribution in [3.63, 3.8) is 0 Å². The maximum atomic E-state index is 14.2. The van der Waals surface area contributed by atoms with E-state index < -0.39 is 51.2 Å². The van der Waals surface area contributed by atoms with E-state index in [1.807, 2.05) is 24.3 Å². The van der Waals surface area contributed by atoms with E-state index in [0.717, 1.165) is 23.3 Å². The maximum Gasteiger partial charge on any atom is 0.246 e. The lowest BCUT2D eigenvalue weighted by atomic mass is 9.99. The third-order valence-electron chi connectivity index (χ3n) is 5.41. The molecule has 1 saturated heterocycles. The van der Waals surface area contributed by atoms with Crippen LogP contribution in [-0.4, -0.2) is 48.8 Å². The zero-order valence-electron chi connectivity index (χ0n) is 15.4. The standard InChI is InChI=1S/C20H19F3N2O3S/c21-15-5-6-19(17(23)9-15)29(27,28)25-12-16(22)10-18(25)20(26)24-8-7-13-3-1-2-4-14(13)11-24/h1-6,9,16,18H,7-8,10-12H2/t16-,18-/m0/s1. The summed E-state index contributed by atoms with van der Waals surface area (Å²) in [6, 6.07) is 8.43. The first-order chi connectivity index (χ1) is 13.8. The summed E-state index contributed by atoms with van der Waals surface area (Å²) in [7, 11) is -4.51. The summed E-state index contributed by atoms with van der Waals surface area (Å²) in [5.41, 5.74) is 2.07. The zero-order chi connectivity index (χ0) is 20.8. The van der Waals surface area contributed by atoms with E-state index in [-0.39, 0.29) is 6.42 Å². The van der Waals surface area contributed by atoms with Crippen molar-refractivity contribution in [3.8, 4) is 0 Å². The van der Waals surface area contributed by atoms with Crippen LogP contribution < -0.4 is 0 Å². The number of hydrogen-bond donors (Lipinski definition) is 0. The van der Waals surface area contributed by atoms with Gasteiger partial charge in [-0.2, -0.15) is 4.31 Å². The molecule has 154 valence electrons. The molecule has 0 unspecified atom stereocenters. The summed E-state index contributed by atoms with van der Waals surface area (Å²) in [5.74, 6) is -2.71. The van der Waals surface area contributed by atoms with Gasteiger partial charge in [-0.3, -0.25) is 4.79 Å². The molecule has 0 saturated carbocycles. The van der Waals surface area contributed by atoms with Gasteiger partial charge >= 0.3 is 0 Å². The third-order valence-corrected chi connectivity index (χ3v) is 7.32. The van der Waals surface area contributed by atoms with Crippen molar-refractivity contribution in [3.05, 3.63) is 65.2 Å². The van der Waals surface area contributed by atoms with E-state index in [0.29, 0.717) is 29.9 Å². The largest absolute Gasteiger partial charge is 0.337 e. The van der Waals surface area contributed by atoms with Crippen molar-refractivity contribution in [2.75, 3.05) is 13.1 Å². The molecule has 1 amide bonds. The normalized spacial score (nSPS) is 22.5. The van der Waals surface area contributed by atoms with Crippen molar-refractivity contribution in [2.45, 2.75) is 36.5 Å². The van der Waals surface area contributed by atoms with Crippen LogP contribution in [0.4, 0.5) is 13.2 Å². The molecule has 0 aromatic heterocycles. The van der Waals surface area contributed by atoms with Crippen molar-refractivity contribution in [2.24, 2.45) is 0 Å². The molecule has 0 radical (unpaired) electrons. The van der Waals surface area contributed by atoms with Crippen LogP contribution in [-0.2, 0) is 27.8 Å². The Balaban J connectivity index is 1.62. The van der Waals surface area contributed by atoms with Crippen LogP contribution in [0.15, 0.2) is 47.4 Å². The molecule has 1 fully saturated rings. The van der Waals surface area contributed by atoms with Crippen LogP contribution in [0.5, 0.6) is 0 Å². The number of carbonyl (C=O) groups excluding carboxylic acids is 1. The van der Waals surface area contributed by atoms with Gasteiger partial charge in [0.25, 0.3) is 0 Å². The molecule has 2 aliphatic rings. The number of rotatable bonds is 3. The van der Waals surface area contributed by atoms with Crippen molar-refractivity contribution in [1.29, 1.82) is 0 Å². The predicted octanol–water partition coefficient (Wildman–Crippen LogP) is 2.65. The number of halogens is 3. The highest BCUT2D eigenvalue weighted by molar-refractivity contribution is 7.89. The minimum absolute atomic E-state index is 0.293. The Morgan fingerprint density at radius 3 is 2.52 bits per heavy atom. The zero-order valence-corrected chi connectivity index (χ0v) is 16.2. The summed E-state index contributed by atoms with van der Waals surface area (Å²) in [6.07, 6.45) is -1.22. The second kappa shape index (κ2) is 7.46. The maximum absolute atomic E-state index is 14.2. The summed E-state index contributed by atoms with van der Waals surface area (Å²) < 4.78 is 68.0. The molecule has 29 heavy (non-hydrogen) atoms. The van der Waals surface area contributed by atoms with Gasteiger partial charge in [-0.1, -0.05) is 24.3 Å². The summed E-state index contributed by atoms with van der Waals surface area (Å²) in [4.78, 5) is 13.8. The molecule has 0 bridgehead atoms. The van der Waals surface area contributed by atoms with E-state index in [2.05, 4.69) is 0 Å². The SMILES string of the molecule is O=C([C@@H]1C[C@H](F)CN1S(=O)(=O)c1ccc(F)cc1F)N1CCc2ccccc2C1. The number of carbonyl (C=O) groups is 1. The Morgan fingerprint density at radius 1 is 1.07 bits per heavy atom. The van der Waals surface area contributed by atoms with E-state index in [1.54, 1.807) is 0 Å². The predicted molar refractivity (Wildman–Crippen MR) is 99.1 cm³/mol. The van der Waals surface area contributed by atoms with Crippen LogP contribution in [0.3, 0.4) is 0 Å². The number of fused-ring (bicyclic) bond motifs is 1. The fourth-order valence-corrected chi connectivity index (χ4v) is 5.62. The van der Waals surface area contributed by atoms with Gasteiger partial charge in [-0.25, -0.2) is 21.6 Å². The van der Waals surface area contributed by atoms with Crippen molar-refractivity contribution >= 4 is 15.9 Å². The Kier molecular flexibility index (Phi) is 5.12. The molecule has 2 aromatic rings. The topological polar surface area (TPSA) is 57.7 Å². The first-order valence-electron chi connectivity index (χ1n) is 9.24. The van der Waals surface area contributed by atoms with Gasteiger partial charge in [-0.15, -0.1) is 0 Å². The summed E-state index contributed by atoms with van der Waals surface area (Å²) >= 11 is 0. The average molecular weight is 424 g/mol. The van der Waals surface area contributed by atoms with Gasteiger partial charge in [0.15, 0.2) is 0 Å². The molecule has 5 nitrogen and oxygen atoms in total. The number of alkyl halides is 1. The summed E-state index contributed by atoms with van der Waals surface area (Å²) in [6.45, 7) is 0.156. The van der Waals surface area contributed by atoms with Gasteiger partial charge in [0, 0.05) is 32.1 Å². The number of amides is 1. The molecule has 0 aliphatic carbocycles. The van der Waals surface area contributed by atoms with Gasteiger partial charge in [0.05, 0.1) is 0 Å². The van der Waals surface area contributed by atoms with E-state index in [9.17, 15) is 26.4 Å². The Hall–Kier alpha value is -2.39. The molecule has 0 spiro atoms. The molecular weight excluding hydrogens is 405 g/mol. The number of hydrogen-bond acceptors (Lipinski definition) is 3. The molecule has 9 heteroatoms. The smallest absolute Gasteiger partial charge is 0.246 e. The monoisotopic (exact) mass is 424 g/mol. The van der Waals surface area contributed by atoms with Crippen LogP contribution in [0.1, 0.15) is 17.5 Å². The van der Waals surface area contributed by atoms with Crippen molar-refractivity contribution < 1.29 is 26.4 Å². The fraction of sp³-hybridized carbons (Fsp3) is 0.350. The second-order valence-corrected chi connectivity index (χ2v) is 9.14. The Morgan fingerprint density at radius 2 is 1.79 bits per heavy atom. The summed E-state index contributed by atoms with van der Waals surface area (Å²) in [5, 5.41) is 0. The molecule has 2 aromatic carbocycles. The molecule has 0 N–H and O–H groups in total.